The summed E-state index contributed by atoms with van der Waals surface area (Å²) in [7, 11) is 0. The van der Waals surface area contributed by atoms with Gasteiger partial charge in [-0.1, -0.05) is 44.7 Å². The first-order chi connectivity index (χ1) is 11.1. The van der Waals surface area contributed by atoms with E-state index in [0.717, 1.165) is 31.0 Å². The molecule has 23 heavy (non-hydrogen) atoms. The molecule has 1 rings (SSSR count). The van der Waals surface area contributed by atoms with Gasteiger partial charge in [-0.25, -0.2) is 17.6 Å². The van der Waals surface area contributed by atoms with Crippen molar-refractivity contribution in [2.24, 2.45) is 0 Å². The largest absolute Gasteiger partial charge is 0.248 e. The van der Waals surface area contributed by atoms with Crippen molar-refractivity contribution in [3.05, 3.63) is 30.3 Å². The summed E-state index contributed by atoms with van der Waals surface area (Å²) in [4.78, 5) is 0.709. The third-order valence-electron chi connectivity index (χ3n) is 3.66. The van der Waals surface area contributed by atoms with E-state index < -0.39 is 30.4 Å². The number of hydrogen-bond acceptors (Lipinski definition) is 1. The van der Waals surface area contributed by atoms with Gasteiger partial charge in [0.15, 0.2) is 0 Å². The maximum absolute atomic E-state index is 14.5. The van der Waals surface area contributed by atoms with Crippen LogP contribution in [0.4, 0.5) is 17.6 Å². The molecular weight excluding hydrogens is 324 g/mol. The van der Waals surface area contributed by atoms with Crippen molar-refractivity contribution in [2.75, 3.05) is 6.67 Å². The molecule has 0 heterocycles. The fraction of sp³-hybridized carbons (Fsp3) is 0.667. The molecule has 4 atom stereocenters. The van der Waals surface area contributed by atoms with Crippen molar-refractivity contribution >= 4 is 11.8 Å². The third kappa shape index (κ3) is 8.09. The van der Waals surface area contributed by atoms with Crippen molar-refractivity contribution in [3.63, 3.8) is 0 Å². The van der Waals surface area contributed by atoms with Crippen LogP contribution in [0.15, 0.2) is 29.2 Å². The van der Waals surface area contributed by atoms with Crippen molar-refractivity contribution in [2.45, 2.75) is 74.1 Å². The lowest BCUT2D eigenvalue weighted by atomic mass is 10.0. The second-order valence-corrected chi connectivity index (χ2v) is 7.00. The van der Waals surface area contributed by atoms with Gasteiger partial charge in [-0.3, -0.25) is 0 Å². The Labute approximate surface area is 141 Å². The molecule has 131 valence electrons. The Hall–Kier alpha value is -0.710. The van der Waals surface area contributed by atoms with Gasteiger partial charge in [0, 0.05) is 10.1 Å². The third-order valence-corrected chi connectivity index (χ3v) is 4.96. The van der Waals surface area contributed by atoms with Gasteiger partial charge in [0.05, 0.1) is 0 Å². The molecule has 0 fully saturated rings. The molecule has 0 spiro atoms. The van der Waals surface area contributed by atoms with E-state index in [9.17, 15) is 17.6 Å². The Bertz CT molecular complexity index is 401. The van der Waals surface area contributed by atoms with Crippen LogP contribution in [0, 0.1) is 6.07 Å². The van der Waals surface area contributed by atoms with Crippen molar-refractivity contribution in [1.29, 1.82) is 0 Å². The van der Waals surface area contributed by atoms with Crippen LogP contribution in [0.5, 0.6) is 0 Å². The van der Waals surface area contributed by atoms with Gasteiger partial charge in [0.25, 0.3) is 0 Å². The predicted octanol–water partition coefficient (Wildman–Crippen LogP) is 6.29. The molecule has 0 N–H and O–H groups in total. The Morgan fingerprint density at radius 1 is 1.09 bits per heavy atom. The summed E-state index contributed by atoms with van der Waals surface area (Å²) in [5.74, 6) is 0. The maximum Gasteiger partial charge on any atom is 0.143 e. The number of hydrogen-bond donors (Lipinski definition) is 0. The number of alkyl halides is 4. The van der Waals surface area contributed by atoms with Gasteiger partial charge in [0.1, 0.15) is 25.2 Å². The van der Waals surface area contributed by atoms with Crippen molar-refractivity contribution < 1.29 is 17.6 Å². The van der Waals surface area contributed by atoms with E-state index in [4.69, 9.17) is 0 Å². The first-order valence-electron chi connectivity index (χ1n) is 8.19. The normalized spacial score (nSPS) is 16.7. The lowest BCUT2D eigenvalue weighted by molar-refractivity contribution is 0.135. The second kappa shape index (κ2) is 11.8. The van der Waals surface area contributed by atoms with Crippen molar-refractivity contribution in [3.8, 4) is 0 Å². The highest BCUT2D eigenvalue weighted by Gasteiger charge is 2.32. The topological polar surface area (TPSA) is 0 Å². The minimum atomic E-state index is -1.80. The van der Waals surface area contributed by atoms with Crippen LogP contribution in [-0.4, -0.2) is 30.4 Å². The van der Waals surface area contributed by atoms with Gasteiger partial charge < -0.3 is 0 Å². The molecule has 1 aromatic rings. The van der Waals surface area contributed by atoms with Crippen molar-refractivity contribution in [1.82, 2.24) is 0 Å². The zero-order valence-corrected chi connectivity index (χ0v) is 14.3. The van der Waals surface area contributed by atoms with Gasteiger partial charge in [0.2, 0.25) is 0 Å². The summed E-state index contributed by atoms with van der Waals surface area (Å²) >= 11 is 1.07. The van der Waals surface area contributed by atoms with Crippen LogP contribution in [0.2, 0.25) is 0 Å². The van der Waals surface area contributed by atoms with E-state index >= 15 is 0 Å². The van der Waals surface area contributed by atoms with Crippen LogP contribution in [0.3, 0.4) is 0 Å². The van der Waals surface area contributed by atoms with E-state index in [1.165, 1.54) is 0 Å². The number of rotatable bonds is 12. The van der Waals surface area contributed by atoms with E-state index in [0.29, 0.717) is 11.3 Å². The van der Waals surface area contributed by atoms with Gasteiger partial charge in [-0.05, 0) is 31.0 Å². The Morgan fingerprint density at radius 2 is 1.78 bits per heavy atom. The van der Waals surface area contributed by atoms with E-state index in [-0.39, 0.29) is 12.8 Å². The van der Waals surface area contributed by atoms with Crippen LogP contribution in [0.1, 0.15) is 45.4 Å². The molecule has 0 bridgehead atoms. The zero-order valence-electron chi connectivity index (χ0n) is 13.5. The van der Waals surface area contributed by atoms with Crippen LogP contribution in [0.25, 0.3) is 0 Å². The fourth-order valence-corrected chi connectivity index (χ4v) is 3.59. The molecule has 0 aliphatic carbocycles. The fourth-order valence-electron chi connectivity index (χ4n) is 2.34. The Balaban J connectivity index is 2.61. The number of thioether (sulfide) groups is 1. The summed E-state index contributed by atoms with van der Waals surface area (Å²) in [6.07, 6.45) is -1.86. The minimum absolute atomic E-state index is 0.132. The molecule has 1 radical (unpaired) electrons. The molecule has 0 saturated heterocycles. The molecular formula is C18H25F4S. The first-order valence-corrected chi connectivity index (χ1v) is 9.07. The second-order valence-electron chi connectivity index (χ2n) is 5.69. The molecule has 5 heteroatoms. The van der Waals surface area contributed by atoms with E-state index in [1.807, 2.05) is 6.92 Å². The van der Waals surface area contributed by atoms with E-state index in [1.54, 1.807) is 24.3 Å². The highest BCUT2D eigenvalue weighted by Crippen LogP contribution is 2.33. The van der Waals surface area contributed by atoms with Crippen LogP contribution in [-0.2, 0) is 0 Å². The first kappa shape index (κ1) is 20.3. The molecule has 0 amide bonds. The summed E-state index contributed by atoms with van der Waals surface area (Å²) in [6, 6.07) is 9.57. The number of benzene rings is 1. The average molecular weight is 349 g/mol. The highest BCUT2D eigenvalue weighted by atomic mass is 32.2. The highest BCUT2D eigenvalue weighted by molar-refractivity contribution is 8.00. The monoisotopic (exact) mass is 349 g/mol. The minimum Gasteiger partial charge on any atom is -0.248 e. The van der Waals surface area contributed by atoms with Crippen LogP contribution < -0.4 is 0 Å². The summed E-state index contributed by atoms with van der Waals surface area (Å²) in [6.45, 7) is 0.882. The smallest absolute Gasteiger partial charge is 0.143 e. The van der Waals surface area contributed by atoms with Gasteiger partial charge in [-0.2, -0.15) is 0 Å². The maximum atomic E-state index is 14.5. The predicted molar refractivity (Wildman–Crippen MR) is 89.0 cm³/mol. The molecule has 0 aliphatic rings. The van der Waals surface area contributed by atoms with Gasteiger partial charge >= 0.3 is 0 Å². The average Bonchev–Trinajstić information content (AvgIpc) is 2.58. The van der Waals surface area contributed by atoms with Crippen LogP contribution >= 0.6 is 11.8 Å². The lowest BCUT2D eigenvalue weighted by Gasteiger charge is -2.24. The summed E-state index contributed by atoms with van der Waals surface area (Å²) in [5.41, 5.74) is 0. The molecule has 0 aromatic heterocycles. The van der Waals surface area contributed by atoms with E-state index in [2.05, 4.69) is 6.07 Å². The molecule has 1 aromatic carbocycles. The molecule has 4 unspecified atom stereocenters. The number of unbranched alkanes of at least 4 members (excludes halogenated alkanes) is 3. The Kier molecular flexibility index (Phi) is 10.4. The molecule has 0 nitrogen and oxygen atoms in total. The summed E-state index contributed by atoms with van der Waals surface area (Å²) in [5, 5.41) is -0.927. The lowest BCUT2D eigenvalue weighted by Crippen LogP contribution is -2.31. The standard InChI is InChI=1S/C18H25F4S/c1-2-3-4-8-11-16(21)18(22)17(12-14(20)13-19)23-15-9-6-5-7-10-15/h6-7,9-10,14,16-18H,2-4,8,11-13H2,1H3. The zero-order chi connectivity index (χ0) is 17.1. The SMILES string of the molecule is CCCCCCC(F)C(F)C(CC(F)CF)Sc1cc[c]cc1. The van der Waals surface area contributed by atoms with Gasteiger partial charge in [-0.15, -0.1) is 11.8 Å². The molecule has 0 aliphatic heterocycles. The summed E-state index contributed by atoms with van der Waals surface area (Å²) < 4.78 is 54.4. The molecule has 0 saturated carbocycles. The quantitative estimate of drug-likeness (QED) is 0.243. The number of halogens is 4. The Morgan fingerprint density at radius 3 is 2.39 bits per heavy atom.